The Bertz CT molecular complexity index is 1030. The average molecular weight is 401 g/mol. The normalized spacial score (nSPS) is 16.3. The van der Waals surface area contributed by atoms with Gasteiger partial charge in [0.25, 0.3) is 5.91 Å². The largest absolute Gasteiger partial charge is 0.392 e. The quantitative estimate of drug-likeness (QED) is 0.656. The van der Waals surface area contributed by atoms with Gasteiger partial charge >= 0.3 is 0 Å². The third-order valence-electron chi connectivity index (χ3n) is 6.01. The minimum atomic E-state index is -0.0221. The molecule has 0 radical (unpaired) electrons. The summed E-state index contributed by atoms with van der Waals surface area (Å²) in [6.07, 6.45) is 2.55. The second-order valence-corrected chi connectivity index (χ2v) is 8.27. The zero-order valence-electron chi connectivity index (χ0n) is 17.6. The Morgan fingerprint density at radius 2 is 1.93 bits per heavy atom. The highest BCUT2D eigenvalue weighted by Crippen LogP contribution is 2.35. The maximum Gasteiger partial charge on any atom is 0.272 e. The van der Waals surface area contributed by atoms with Crippen molar-refractivity contribution in [3.05, 3.63) is 89.2 Å². The van der Waals surface area contributed by atoms with Crippen molar-refractivity contribution in [3.8, 4) is 11.1 Å². The molecule has 2 heterocycles. The number of benzene rings is 2. The first-order valence-electron chi connectivity index (χ1n) is 10.6. The molecule has 0 bridgehead atoms. The number of aliphatic hydroxyl groups excluding tert-OH is 1. The zero-order chi connectivity index (χ0) is 21.1. The van der Waals surface area contributed by atoms with Gasteiger partial charge in [0.05, 0.1) is 6.61 Å². The van der Waals surface area contributed by atoms with E-state index in [0.717, 1.165) is 23.1 Å². The summed E-state index contributed by atoms with van der Waals surface area (Å²) in [4.78, 5) is 18.8. The number of aromatic nitrogens is 1. The Morgan fingerprint density at radius 1 is 1.13 bits per heavy atom. The van der Waals surface area contributed by atoms with Crippen LogP contribution < -0.4 is 0 Å². The lowest BCUT2D eigenvalue weighted by molar-refractivity contribution is 0.0785. The average Bonchev–Trinajstić information content (AvgIpc) is 3.28. The molecular weight excluding hydrogens is 372 g/mol. The highest BCUT2D eigenvalue weighted by atomic mass is 16.3. The van der Waals surface area contributed by atoms with Crippen LogP contribution in [0, 0.1) is 0 Å². The molecule has 1 atom stereocenters. The Morgan fingerprint density at radius 3 is 2.67 bits per heavy atom. The first-order valence-corrected chi connectivity index (χ1v) is 10.6. The maximum atomic E-state index is 12.7. The van der Waals surface area contributed by atoms with E-state index in [9.17, 15) is 9.90 Å². The lowest BCUT2D eigenvalue weighted by atomic mass is 9.88. The van der Waals surface area contributed by atoms with Crippen LogP contribution in [0.15, 0.2) is 66.9 Å². The molecule has 4 heteroatoms. The summed E-state index contributed by atoms with van der Waals surface area (Å²) in [5.74, 6) is 0.639. The van der Waals surface area contributed by atoms with Crippen molar-refractivity contribution < 1.29 is 9.90 Å². The number of hydrogen-bond donors (Lipinski definition) is 1. The van der Waals surface area contributed by atoms with E-state index < -0.39 is 0 Å². The zero-order valence-corrected chi connectivity index (χ0v) is 17.6. The molecule has 1 fully saturated rings. The van der Waals surface area contributed by atoms with E-state index in [4.69, 9.17) is 0 Å². The van der Waals surface area contributed by atoms with E-state index >= 15 is 0 Å². The number of carbonyl (C=O) groups excluding carboxylic acids is 1. The number of likely N-dealkylation sites (tertiary alicyclic amines) is 1. The van der Waals surface area contributed by atoms with Gasteiger partial charge in [-0.05, 0) is 58.4 Å². The van der Waals surface area contributed by atoms with Gasteiger partial charge < -0.3 is 10.0 Å². The summed E-state index contributed by atoms with van der Waals surface area (Å²) in [7, 11) is 0. The number of pyridine rings is 1. The molecule has 4 rings (SSSR count). The fourth-order valence-electron chi connectivity index (χ4n) is 4.42. The molecule has 0 aliphatic carbocycles. The highest BCUT2D eigenvalue weighted by Gasteiger charge is 2.29. The SMILES string of the molecule is CC(C)c1ccccc1-c1ccc([C@H]2CCN(C(=O)c3ccccn3)C2)c(CO)c1. The lowest BCUT2D eigenvalue weighted by Gasteiger charge is -2.19. The summed E-state index contributed by atoms with van der Waals surface area (Å²) in [6, 6.07) is 20.3. The fourth-order valence-corrected chi connectivity index (χ4v) is 4.42. The minimum Gasteiger partial charge on any atom is -0.392 e. The van der Waals surface area contributed by atoms with Crippen LogP contribution in [0.3, 0.4) is 0 Å². The summed E-state index contributed by atoms with van der Waals surface area (Å²) in [6.45, 7) is 5.77. The van der Waals surface area contributed by atoms with Crippen molar-refractivity contribution >= 4 is 5.91 Å². The molecule has 154 valence electrons. The first-order chi connectivity index (χ1) is 14.6. The van der Waals surface area contributed by atoms with E-state index in [1.807, 2.05) is 17.0 Å². The topological polar surface area (TPSA) is 53.4 Å². The Kier molecular flexibility index (Phi) is 5.96. The van der Waals surface area contributed by atoms with Crippen LogP contribution in [0.1, 0.15) is 59.3 Å². The van der Waals surface area contributed by atoms with Crippen LogP contribution in [0.4, 0.5) is 0 Å². The van der Waals surface area contributed by atoms with Gasteiger partial charge in [-0.2, -0.15) is 0 Å². The van der Waals surface area contributed by atoms with Crippen LogP contribution in [0.2, 0.25) is 0 Å². The predicted molar refractivity (Wildman–Crippen MR) is 119 cm³/mol. The number of aliphatic hydroxyl groups is 1. The summed E-state index contributed by atoms with van der Waals surface area (Å²) < 4.78 is 0. The maximum absolute atomic E-state index is 12.7. The van der Waals surface area contributed by atoms with Gasteiger partial charge in [-0.15, -0.1) is 0 Å². The van der Waals surface area contributed by atoms with Gasteiger partial charge in [-0.1, -0.05) is 56.3 Å². The van der Waals surface area contributed by atoms with Gasteiger partial charge in [-0.25, -0.2) is 0 Å². The van der Waals surface area contributed by atoms with Crippen LogP contribution in [-0.2, 0) is 6.61 Å². The van der Waals surface area contributed by atoms with Gasteiger partial charge in [0.1, 0.15) is 5.69 Å². The summed E-state index contributed by atoms with van der Waals surface area (Å²) >= 11 is 0. The number of nitrogens with zero attached hydrogens (tertiary/aromatic N) is 2. The van der Waals surface area contributed by atoms with E-state index in [2.05, 4.69) is 61.3 Å². The number of hydrogen-bond acceptors (Lipinski definition) is 3. The monoisotopic (exact) mass is 400 g/mol. The van der Waals surface area contributed by atoms with Crippen molar-refractivity contribution in [1.82, 2.24) is 9.88 Å². The standard InChI is InChI=1S/C26H28N2O2/c1-18(2)22-7-3-4-8-24(22)19-10-11-23(21(15-19)17-29)20-12-14-28(16-20)26(30)25-9-5-6-13-27-25/h3-11,13,15,18,20,29H,12,14,16-17H2,1-2H3/t20-/m0/s1. The molecule has 1 saturated heterocycles. The molecule has 2 aromatic carbocycles. The summed E-state index contributed by atoms with van der Waals surface area (Å²) in [5.41, 5.74) is 6.23. The highest BCUT2D eigenvalue weighted by molar-refractivity contribution is 5.92. The molecule has 3 aromatic rings. The molecule has 1 amide bonds. The lowest BCUT2D eigenvalue weighted by Crippen LogP contribution is -2.29. The second-order valence-electron chi connectivity index (χ2n) is 8.27. The molecule has 1 N–H and O–H groups in total. The van der Waals surface area contributed by atoms with E-state index in [0.29, 0.717) is 24.7 Å². The van der Waals surface area contributed by atoms with Gasteiger partial charge in [0.15, 0.2) is 0 Å². The van der Waals surface area contributed by atoms with Gasteiger partial charge in [0.2, 0.25) is 0 Å². The third kappa shape index (κ3) is 4.01. The van der Waals surface area contributed by atoms with Gasteiger partial charge in [0, 0.05) is 25.2 Å². The van der Waals surface area contributed by atoms with E-state index in [-0.39, 0.29) is 18.4 Å². The van der Waals surface area contributed by atoms with Crippen LogP contribution in [0.25, 0.3) is 11.1 Å². The molecule has 30 heavy (non-hydrogen) atoms. The first kappa shape index (κ1) is 20.3. The van der Waals surface area contributed by atoms with E-state index in [1.165, 1.54) is 11.1 Å². The van der Waals surface area contributed by atoms with Crippen LogP contribution in [-0.4, -0.2) is 34.0 Å². The van der Waals surface area contributed by atoms with Crippen LogP contribution in [0.5, 0.6) is 0 Å². The Labute approximate surface area is 178 Å². The molecular formula is C26H28N2O2. The van der Waals surface area contributed by atoms with Crippen molar-refractivity contribution in [1.29, 1.82) is 0 Å². The molecule has 1 aromatic heterocycles. The third-order valence-corrected chi connectivity index (χ3v) is 6.01. The minimum absolute atomic E-state index is 0.00228. The van der Waals surface area contributed by atoms with Crippen molar-refractivity contribution in [2.75, 3.05) is 13.1 Å². The van der Waals surface area contributed by atoms with Crippen molar-refractivity contribution in [2.45, 2.75) is 38.7 Å². The van der Waals surface area contributed by atoms with E-state index in [1.54, 1.807) is 12.3 Å². The number of carbonyl (C=O) groups is 1. The second kappa shape index (κ2) is 8.80. The number of amides is 1. The fraction of sp³-hybridized carbons (Fsp3) is 0.308. The Balaban J connectivity index is 1.58. The number of rotatable bonds is 5. The van der Waals surface area contributed by atoms with Gasteiger partial charge in [-0.3, -0.25) is 9.78 Å². The van der Waals surface area contributed by atoms with Crippen molar-refractivity contribution in [2.24, 2.45) is 0 Å². The van der Waals surface area contributed by atoms with Crippen LogP contribution >= 0.6 is 0 Å². The Hall–Kier alpha value is -2.98. The molecule has 0 unspecified atom stereocenters. The molecule has 0 saturated carbocycles. The predicted octanol–water partition coefficient (Wildman–Crippen LogP) is 4.99. The molecule has 4 nitrogen and oxygen atoms in total. The molecule has 1 aliphatic heterocycles. The molecule has 0 spiro atoms. The van der Waals surface area contributed by atoms with Crippen molar-refractivity contribution in [3.63, 3.8) is 0 Å². The smallest absolute Gasteiger partial charge is 0.272 e. The molecule has 1 aliphatic rings. The summed E-state index contributed by atoms with van der Waals surface area (Å²) in [5, 5.41) is 10.1.